The third-order valence-corrected chi connectivity index (χ3v) is 7.06. The SMILES string of the molecule is COc1c([C@@H](O)CC(C)C)ccc2c1C(=O)OCc1cc(C)cc(OC(=O)N3[C@H](C)CCC[C@@H]3C)c1O2. The molecule has 37 heavy (non-hydrogen) atoms. The first-order valence-corrected chi connectivity index (χ1v) is 13.0. The van der Waals surface area contributed by atoms with Gasteiger partial charge in [-0.15, -0.1) is 0 Å². The molecule has 1 N–H and O–H groups in total. The summed E-state index contributed by atoms with van der Waals surface area (Å²) >= 11 is 0. The largest absolute Gasteiger partial charge is 0.495 e. The zero-order valence-electron chi connectivity index (χ0n) is 22.5. The van der Waals surface area contributed by atoms with Gasteiger partial charge in [-0.1, -0.05) is 13.8 Å². The predicted molar refractivity (Wildman–Crippen MR) is 138 cm³/mol. The highest BCUT2D eigenvalue weighted by Gasteiger charge is 2.33. The maximum Gasteiger partial charge on any atom is 0.415 e. The molecule has 0 radical (unpaired) electrons. The number of nitrogens with zero attached hydrogens (tertiary/aromatic N) is 1. The maximum absolute atomic E-state index is 13.3. The van der Waals surface area contributed by atoms with Gasteiger partial charge in [0.05, 0.1) is 13.2 Å². The van der Waals surface area contributed by atoms with Gasteiger partial charge in [-0.05, 0) is 82.2 Å². The Morgan fingerprint density at radius 3 is 2.54 bits per heavy atom. The summed E-state index contributed by atoms with van der Waals surface area (Å²) < 4.78 is 23.4. The molecule has 1 fully saturated rings. The highest BCUT2D eigenvalue weighted by Crippen LogP contribution is 2.45. The molecule has 8 nitrogen and oxygen atoms in total. The van der Waals surface area contributed by atoms with E-state index in [1.54, 1.807) is 23.1 Å². The van der Waals surface area contributed by atoms with E-state index in [0.29, 0.717) is 23.3 Å². The number of likely N-dealkylation sites (tertiary alicyclic amines) is 1. The van der Waals surface area contributed by atoms with Gasteiger partial charge in [-0.25, -0.2) is 9.59 Å². The number of hydrogen-bond acceptors (Lipinski definition) is 7. The van der Waals surface area contributed by atoms with Crippen LogP contribution in [0.2, 0.25) is 0 Å². The number of carbonyl (C=O) groups excluding carboxylic acids is 2. The highest BCUT2D eigenvalue weighted by atomic mass is 16.6. The molecule has 2 aromatic carbocycles. The van der Waals surface area contributed by atoms with Gasteiger partial charge in [-0.3, -0.25) is 0 Å². The monoisotopic (exact) mass is 511 g/mol. The maximum atomic E-state index is 13.3. The number of amides is 1. The van der Waals surface area contributed by atoms with Crippen molar-refractivity contribution in [1.29, 1.82) is 0 Å². The highest BCUT2D eigenvalue weighted by molar-refractivity contribution is 5.96. The van der Waals surface area contributed by atoms with Crippen molar-refractivity contribution in [3.63, 3.8) is 0 Å². The zero-order chi connectivity index (χ0) is 26.9. The van der Waals surface area contributed by atoms with E-state index in [1.807, 2.05) is 40.7 Å². The molecule has 1 amide bonds. The summed E-state index contributed by atoms with van der Waals surface area (Å²) in [5.41, 5.74) is 2.00. The van der Waals surface area contributed by atoms with Gasteiger partial charge in [0, 0.05) is 23.2 Å². The van der Waals surface area contributed by atoms with Crippen molar-refractivity contribution in [2.75, 3.05) is 7.11 Å². The Morgan fingerprint density at radius 2 is 1.89 bits per heavy atom. The number of carbonyl (C=O) groups is 2. The molecule has 0 aromatic heterocycles. The van der Waals surface area contributed by atoms with Gasteiger partial charge in [0.1, 0.15) is 23.7 Å². The van der Waals surface area contributed by atoms with Crippen LogP contribution in [0.25, 0.3) is 0 Å². The number of aryl methyl sites for hydroxylation is 1. The van der Waals surface area contributed by atoms with E-state index in [-0.39, 0.29) is 47.4 Å². The van der Waals surface area contributed by atoms with E-state index >= 15 is 0 Å². The number of fused-ring (bicyclic) bond motifs is 2. The molecule has 8 heteroatoms. The van der Waals surface area contributed by atoms with Crippen LogP contribution in [0.5, 0.6) is 23.0 Å². The molecule has 0 spiro atoms. The summed E-state index contributed by atoms with van der Waals surface area (Å²) in [5.74, 6) is 0.596. The molecule has 2 aromatic rings. The number of hydrogen-bond donors (Lipinski definition) is 1. The molecule has 0 unspecified atom stereocenters. The number of aliphatic hydroxyl groups is 1. The van der Waals surface area contributed by atoms with Crippen LogP contribution in [-0.4, -0.2) is 41.3 Å². The van der Waals surface area contributed by atoms with Crippen molar-refractivity contribution in [2.45, 2.75) is 85.1 Å². The lowest BCUT2D eigenvalue weighted by atomic mass is 9.96. The van der Waals surface area contributed by atoms with Crippen LogP contribution in [0.3, 0.4) is 0 Å². The second-order valence-corrected chi connectivity index (χ2v) is 10.5. The molecule has 4 rings (SSSR count). The van der Waals surface area contributed by atoms with Crippen LogP contribution in [0.1, 0.15) is 86.5 Å². The molecule has 2 heterocycles. The van der Waals surface area contributed by atoms with E-state index in [0.717, 1.165) is 24.8 Å². The lowest BCUT2D eigenvalue weighted by molar-refractivity contribution is 0.0452. The molecule has 2 aliphatic rings. The van der Waals surface area contributed by atoms with E-state index in [1.165, 1.54) is 7.11 Å². The second-order valence-electron chi connectivity index (χ2n) is 10.5. The third-order valence-electron chi connectivity index (χ3n) is 7.06. The summed E-state index contributed by atoms with van der Waals surface area (Å²) in [7, 11) is 1.44. The minimum Gasteiger partial charge on any atom is -0.495 e. The molecule has 0 saturated carbocycles. The molecule has 0 bridgehead atoms. The fourth-order valence-electron chi connectivity index (χ4n) is 5.28. The third kappa shape index (κ3) is 5.54. The number of esters is 1. The number of benzene rings is 2. The lowest BCUT2D eigenvalue weighted by Crippen LogP contribution is -2.48. The standard InChI is InChI=1S/C29H37NO7/c1-16(2)12-22(31)21-10-11-23-25(27(21)34-6)28(32)35-15-20-13-17(3)14-24(26(20)36-23)37-29(33)30-18(4)8-7-9-19(30)5/h10-11,13-14,16,18-19,22,31H,7-9,12,15H2,1-6H3/t18-,19+,22-/m0/s1. The Morgan fingerprint density at radius 1 is 1.19 bits per heavy atom. The summed E-state index contributed by atoms with van der Waals surface area (Å²) in [4.78, 5) is 28.2. The Hall–Kier alpha value is -3.26. The van der Waals surface area contributed by atoms with Gasteiger partial charge in [0.15, 0.2) is 11.5 Å². The first-order valence-electron chi connectivity index (χ1n) is 13.0. The minimum absolute atomic E-state index is 0.0711. The Kier molecular flexibility index (Phi) is 7.97. The molecule has 2 aliphatic heterocycles. The Bertz CT molecular complexity index is 1170. The summed E-state index contributed by atoms with van der Waals surface area (Å²) in [6.45, 7) is 9.88. The van der Waals surface area contributed by atoms with Gasteiger partial charge >= 0.3 is 12.1 Å². The minimum atomic E-state index is -0.821. The van der Waals surface area contributed by atoms with Crippen LogP contribution in [-0.2, 0) is 11.3 Å². The first-order chi connectivity index (χ1) is 17.6. The number of piperidine rings is 1. The average molecular weight is 512 g/mol. The first kappa shape index (κ1) is 26.8. The van der Waals surface area contributed by atoms with Gasteiger partial charge in [0.2, 0.25) is 0 Å². The van der Waals surface area contributed by atoms with Gasteiger partial charge in [0.25, 0.3) is 0 Å². The van der Waals surface area contributed by atoms with Gasteiger partial charge < -0.3 is 29.0 Å². The van der Waals surface area contributed by atoms with Crippen molar-refractivity contribution in [1.82, 2.24) is 4.90 Å². The fraction of sp³-hybridized carbons (Fsp3) is 0.517. The summed E-state index contributed by atoms with van der Waals surface area (Å²) in [6.07, 6.45) is 2.18. The average Bonchev–Trinajstić information content (AvgIpc) is 2.82. The van der Waals surface area contributed by atoms with E-state index in [9.17, 15) is 14.7 Å². The fourth-order valence-corrected chi connectivity index (χ4v) is 5.28. The Labute approximate surface area is 218 Å². The van der Waals surface area contributed by atoms with Crippen molar-refractivity contribution in [2.24, 2.45) is 5.92 Å². The predicted octanol–water partition coefficient (Wildman–Crippen LogP) is 6.31. The van der Waals surface area contributed by atoms with Crippen molar-refractivity contribution < 1.29 is 33.6 Å². The molecule has 200 valence electrons. The topological polar surface area (TPSA) is 94.5 Å². The molecule has 3 atom stereocenters. The summed E-state index contributed by atoms with van der Waals surface area (Å²) in [6, 6.07) is 7.05. The van der Waals surface area contributed by atoms with Crippen LogP contribution in [0, 0.1) is 12.8 Å². The number of aliphatic hydroxyl groups excluding tert-OH is 1. The van der Waals surface area contributed by atoms with Gasteiger partial charge in [-0.2, -0.15) is 0 Å². The van der Waals surface area contributed by atoms with Crippen molar-refractivity contribution in [3.8, 4) is 23.0 Å². The Balaban J connectivity index is 1.74. The van der Waals surface area contributed by atoms with Crippen LogP contribution in [0.15, 0.2) is 24.3 Å². The van der Waals surface area contributed by atoms with Crippen LogP contribution >= 0.6 is 0 Å². The molecular weight excluding hydrogens is 474 g/mol. The summed E-state index contributed by atoms with van der Waals surface area (Å²) in [5, 5.41) is 10.8. The molecule has 1 saturated heterocycles. The number of methoxy groups -OCH3 is 1. The second kappa shape index (κ2) is 11.0. The normalized spacial score (nSPS) is 20.1. The van der Waals surface area contributed by atoms with Crippen molar-refractivity contribution >= 4 is 12.1 Å². The smallest absolute Gasteiger partial charge is 0.415 e. The molecular formula is C29H37NO7. The lowest BCUT2D eigenvalue weighted by Gasteiger charge is -2.38. The van der Waals surface area contributed by atoms with E-state index < -0.39 is 18.2 Å². The van der Waals surface area contributed by atoms with Crippen LogP contribution < -0.4 is 14.2 Å². The van der Waals surface area contributed by atoms with E-state index in [4.69, 9.17) is 18.9 Å². The molecule has 0 aliphatic carbocycles. The number of ether oxygens (including phenoxy) is 4. The van der Waals surface area contributed by atoms with E-state index in [2.05, 4.69) is 0 Å². The number of cyclic esters (lactones) is 1. The zero-order valence-corrected chi connectivity index (χ0v) is 22.5. The number of rotatable bonds is 5. The van der Waals surface area contributed by atoms with Crippen LogP contribution in [0.4, 0.5) is 4.79 Å². The van der Waals surface area contributed by atoms with Crippen molar-refractivity contribution in [3.05, 3.63) is 46.5 Å². The quantitative estimate of drug-likeness (QED) is 0.470.